The summed E-state index contributed by atoms with van der Waals surface area (Å²) < 4.78 is 5.39. The number of ether oxygens (including phenoxy) is 1. The highest BCUT2D eigenvalue weighted by Gasteiger charge is 2.08. The summed E-state index contributed by atoms with van der Waals surface area (Å²) >= 11 is 0. The van der Waals surface area contributed by atoms with E-state index in [2.05, 4.69) is 10.6 Å². The number of hydrogen-bond acceptors (Lipinski definition) is 3. The average molecular weight is 352 g/mol. The number of rotatable bonds is 7. The van der Waals surface area contributed by atoms with Gasteiger partial charge in [-0.3, -0.25) is 9.59 Å². The molecule has 2 aromatic carbocycles. The van der Waals surface area contributed by atoms with E-state index in [0.29, 0.717) is 12.3 Å². The van der Waals surface area contributed by atoms with E-state index in [4.69, 9.17) is 4.74 Å². The van der Waals surface area contributed by atoms with Crippen molar-refractivity contribution < 1.29 is 14.3 Å². The van der Waals surface area contributed by atoms with Crippen molar-refractivity contribution in [3.63, 3.8) is 0 Å². The van der Waals surface area contributed by atoms with Crippen LogP contribution in [-0.4, -0.2) is 18.4 Å². The van der Waals surface area contributed by atoms with Crippen LogP contribution in [0.1, 0.15) is 37.9 Å². The molecule has 0 radical (unpaired) electrons. The topological polar surface area (TPSA) is 67.4 Å². The Morgan fingerprint density at radius 1 is 1.15 bits per heavy atom. The Kier molecular flexibility index (Phi) is 6.97. The van der Waals surface area contributed by atoms with Gasteiger partial charge in [-0.2, -0.15) is 0 Å². The molecule has 0 aliphatic carbocycles. The summed E-state index contributed by atoms with van der Waals surface area (Å²) in [5.41, 5.74) is 2.55. The van der Waals surface area contributed by atoms with Crippen molar-refractivity contribution in [3.8, 4) is 5.75 Å². The summed E-state index contributed by atoms with van der Waals surface area (Å²) in [7, 11) is 0. The third-order valence-electron chi connectivity index (χ3n) is 3.68. The molecule has 0 heterocycles. The number of nitrogens with one attached hydrogen (secondary N) is 2. The van der Waals surface area contributed by atoms with E-state index in [9.17, 15) is 9.59 Å². The maximum atomic E-state index is 12.1. The molecular weight excluding hydrogens is 328 g/mol. The maximum absolute atomic E-state index is 12.1. The van der Waals surface area contributed by atoms with Crippen LogP contribution in [0.3, 0.4) is 0 Å². The third-order valence-corrected chi connectivity index (χ3v) is 3.68. The van der Waals surface area contributed by atoms with Gasteiger partial charge < -0.3 is 15.4 Å². The Balaban J connectivity index is 1.95. The smallest absolute Gasteiger partial charge is 0.244 e. The van der Waals surface area contributed by atoms with Crippen LogP contribution in [0.25, 0.3) is 6.08 Å². The highest BCUT2D eigenvalue weighted by atomic mass is 16.5. The number of benzene rings is 2. The fourth-order valence-corrected chi connectivity index (χ4v) is 2.45. The number of amides is 2. The fraction of sp³-hybridized carbons (Fsp3) is 0.238. The highest BCUT2D eigenvalue weighted by molar-refractivity contribution is 5.92. The van der Waals surface area contributed by atoms with Crippen molar-refractivity contribution in [2.45, 2.75) is 26.8 Å². The van der Waals surface area contributed by atoms with Gasteiger partial charge in [0.15, 0.2) is 0 Å². The zero-order valence-corrected chi connectivity index (χ0v) is 15.3. The standard InChI is InChI=1S/C21H24N2O3/c1-4-26-20-11-8-17(9-12-20)10-13-21(25)22-15(2)18-6-5-7-19(14-18)23-16(3)24/h5-15H,4H2,1-3H3,(H,22,25)(H,23,24)/b13-10+. The van der Waals surface area contributed by atoms with Gasteiger partial charge in [-0.25, -0.2) is 0 Å². The van der Waals surface area contributed by atoms with Crippen LogP contribution in [-0.2, 0) is 9.59 Å². The Labute approximate surface area is 154 Å². The number of carbonyl (C=O) groups is 2. The zero-order valence-electron chi connectivity index (χ0n) is 15.3. The monoisotopic (exact) mass is 352 g/mol. The van der Waals surface area contributed by atoms with Gasteiger partial charge >= 0.3 is 0 Å². The van der Waals surface area contributed by atoms with Crippen LogP contribution < -0.4 is 15.4 Å². The SMILES string of the molecule is CCOc1ccc(/C=C/C(=O)NC(C)c2cccc(NC(C)=O)c2)cc1. The predicted octanol–water partition coefficient (Wildman–Crippen LogP) is 3.93. The molecule has 0 bridgehead atoms. The summed E-state index contributed by atoms with van der Waals surface area (Å²) in [6, 6.07) is 14.8. The van der Waals surface area contributed by atoms with E-state index in [0.717, 1.165) is 16.9 Å². The zero-order chi connectivity index (χ0) is 18.9. The minimum Gasteiger partial charge on any atom is -0.494 e. The lowest BCUT2D eigenvalue weighted by atomic mass is 10.1. The van der Waals surface area contributed by atoms with E-state index in [1.807, 2.05) is 62.4 Å². The molecule has 1 atom stereocenters. The molecular formula is C21H24N2O3. The van der Waals surface area contributed by atoms with Gasteiger partial charge in [0, 0.05) is 18.7 Å². The first-order valence-corrected chi connectivity index (χ1v) is 8.57. The van der Waals surface area contributed by atoms with Gasteiger partial charge in [-0.15, -0.1) is 0 Å². The summed E-state index contributed by atoms with van der Waals surface area (Å²) in [5.74, 6) is 0.496. The van der Waals surface area contributed by atoms with Crippen LogP contribution in [0.15, 0.2) is 54.6 Å². The van der Waals surface area contributed by atoms with Crippen LogP contribution in [0.4, 0.5) is 5.69 Å². The second kappa shape index (κ2) is 9.42. The Morgan fingerprint density at radius 2 is 1.88 bits per heavy atom. The molecule has 5 heteroatoms. The molecule has 0 aliphatic heterocycles. The lowest BCUT2D eigenvalue weighted by Crippen LogP contribution is -2.24. The largest absolute Gasteiger partial charge is 0.494 e. The first kappa shape index (κ1) is 19.2. The summed E-state index contributed by atoms with van der Waals surface area (Å²) in [5, 5.41) is 5.65. The van der Waals surface area contributed by atoms with E-state index in [1.54, 1.807) is 6.08 Å². The number of hydrogen-bond donors (Lipinski definition) is 2. The molecule has 2 amide bonds. The molecule has 5 nitrogen and oxygen atoms in total. The molecule has 136 valence electrons. The Hall–Kier alpha value is -3.08. The third kappa shape index (κ3) is 6.09. The quantitative estimate of drug-likeness (QED) is 0.742. The molecule has 2 N–H and O–H groups in total. The van der Waals surface area contributed by atoms with Crippen molar-refractivity contribution in [1.82, 2.24) is 5.32 Å². The van der Waals surface area contributed by atoms with Crippen LogP contribution in [0.2, 0.25) is 0 Å². The van der Waals surface area contributed by atoms with Gasteiger partial charge in [0.1, 0.15) is 5.75 Å². The summed E-state index contributed by atoms with van der Waals surface area (Å²) in [4.78, 5) is 23.3. The molecule has 0 saturated carbocycles. The van der Waals surface area contributed by atoms with Crippen molar-refractivity contribution in [2.75, 3.05) is 11.9 Å². The predicted molar refractivity (Wildman–Crippen MR) is 104 cm³/mol. The molecule has 0 fully saturated rings. The van der Waals surface area contributed by atoms with E-state index < -0.39 is 0 Å². The second-order valence-corrected chi connectivity index (χ2v) is 5.87. The van der Waals surface area contributed by atoms with Crippen molar-refractivity contribution in [3.05, 3.63) is 65.7 Å². The van der Waals surface area contributed by atoms with Crippen molar-refractivity contribution >= 4 is 23.6 Å². The first-order valence-electron chi connectivity index (χ1n) is 8.57. The molecule has 0 spiro atoms. The van der Waals surface area contributed by atoms with Crippen LogP contribution >= 0.6 is 0 Å². The van der Waals surface area contributed by atoms with Gasteiger partial charge in [0.2, 0.25) is 11.8 Å². The molecule has 0 aromatic heterocycles. The maximum Gasteiger partial charge on any atom is 0.244 e. The highest BCUT2D eigenvalue weighted by Crippen LogP contribution is 2.18. The summed E-state index contributed by atoms with van der Waals surface area (Å²) in [6.45, 7) is 5.92. The molecule has 0 aliphatic rings. The van der Waals surface area contributed by atoms with Crippen LogP contribution in [0, 0.1) is 0 Å². The minimum atomic E-state index is -0.184. The Morgan fingerprint density at radius 3 is 2.54 bits per heavy atom. The first-order chi connectivity index (χ1) is 12.5. The normalized spacial score (nSPS) is 11.8. The van der Waals surface area contributed by atoms with Gasteiger partial charge in [-0.1, -0.05) is 24.3 Å². The molecule has 26 heavy (non-hydrogen) atoms. The average Bonchev–Trinajstić information content (AvgIpc) is 2.61. The van der Waals surface area contributed by atoms with Crippen molar-refractivity contribution in [1.29, 1.82) is 0 Å². The minimum absolute atomic E-state index is 0.128. The van der Waals surface area contributed by atoms with Gasteiger partial charge in [-0.05, 0) is 55.3 Å². The number of carbonyl (C=O) groups excluding carboxylic acids is 2. The molecule has 2 rings (SSSR count). The van der Waals surface area contributed by atoms with Gasteiger partial charge in [0.05, 0.1) is 12.6 Å². The van der Waals surface area contributed by atoms with E-state index >= 15 is 0 Å². The summed E-state index contributed by atoms with van der Waals surface area (Å²) in [6.07, 6.45) is 3.26. The van der Waals surface area contributed by atoms with Crippen molar-refractivity contribution in [2.24, 2.45) is 0 Å². The Bertz CT molecular complexity index is 782. The lowest BCUT2D eigenvalue weighted by Gasteiger charge is -2.14. The number of anilines is 1. The lowest BCUT2D eigenvalue weighted by molar-refractivity contribution is -0.117. The second-order valence-electron chi connectivity index (χ2n) is 5.87. The van der Waals surface area contributed by atoms with E-state index in [-0.39, 0.29) is 17.9 Å². The van der Waals surface area contributed by atoms with E-state index in [1.165, 1.54) is 13.0 Å². The molecule has 2 aromatic rings. The van der Waals surface area contributed by atoms with Crippen LogP contribution in [0.5, 0.6) is 5.75 Å². The molecule has 1 unspecified atom stereocenters. The van der Waals surface area contributed by atoms with Gasteiger partial charge in [0.25, 0.3) is 0 Å². The fourth-order valence-electron chi connectivity index (χ4n) is 2.45. The molecule has 0 saturated heterocycles.